The molecular formula is C23H31ClO4. The van der Waals surface area contributed by atoms with E-state index in [1.54, 1.807) is 0 Å². The predicted molar refractivity (Wildman–Crippen MR) is 113 cm³/mol. The first kappa shape index (κ1) is 22.7. The summed E-state index contributed by atoms with van der Waals surface area (Å²) in [5.41, 5.74) is 3.13. The molecule has 2 aromatic rings. The summed E-state index contributed by atoms with van der Waals surface area (Å²) < 4.78 is 11.4. The lowest BCUT2D eigenvalue weighted by atomic mass is 9.94. The minimum Gasteiger partial charge on any atom is -0.494 e. The number of aliphatic hydroxyl groups excluding tert-OH is 2. The number of benzene rings is 2. The summed E-state index contributed by atoms with van der Waals surface area (Å²) in [6.45, 7) is 6.53. The highest BCUT2D eigenvalue weighted by molar-refractivity contribution is 6.31. The van der Waals surface area contributed by atoms with Crippen LogP contribution in [0, 0.1) is 0 Å². The van der Waals surface area contributed by atoms with Gasteiger partial charge in [0.2, 0.25) is 0 Å². The summed E-state index contributed by atoms with van der Waals surface area (Å²) in [5.74, 6) is 0.857. The van der Waals surface area contributed by atoms with Gasteiger partial charge in [0.25, 0.3) is 0 Å². The summed E-state index contributed by atoms with van der Waals surface area (Å²) in [7, 11) is 0. The van der Waals surface area contributed by atoms with Crippen molar-refractivity contribution in [3.05, 3.63) is 64.2 Å². The Hall–Kier alpha value is -1.59. The van der Waals surface area contributed by atoms with Crippen molar-refractivity contribution in [1.82, 2.24) is 0 Å². The first-order valence-corrected chi connectivity index (χ1v) is 10.4. The van der Waals surface area contributed by atoms with E-state index in [4.69, 9.17) is 21.1 Å². The molecular weight excluding hydrogens is 376 g/mol. The molecule has 0 spiro atoms. The maximum atomic E-state index is 10.0. The first-order valence-electron chi connectivity index (χ1n) is 10.0. The third kappa shape index (κ3) is 6.21. The molecule has 1 aliphatic heterocycles. The van der Waals surface area contributed by atoms with Gasteiger partial charge in [-0.15, -0.1) is 0 Å². The molecule has 28 heavy (non-hydrogen) atoms. The Kier molecular flexibility index (Phi) is 9.26. The van der Waals surface area contributed by atoms with Crippen LogP contribution in [0.2, 0.25) is 5.02 Å². The van der Waals surface area contributed by atoms with Crippen LogP contribution in [0.15, 0.2) is 42.5 Å². The highest BCUT2D eigenvalue weighted by Gasteiger charge is 2.29. The normalized spacial score (nSPS) is 21.6. The van der Waals surface area contributed by atoms with Gasteiger partial charge in [-0.3, -0.25) is 0 Å². The van der Waals surface area contributed by atoms with Crippen molar-refractivity contribution < 1.29 is 19.7 Å². The standard InChI is InChI=1S/C21H25ClO4.C2H6/c1-2-25-18-6-3-14(4-7-18)9-16-10-15(5-8-20(16)22)21-12-17(24)11-19(13-23)26-21;1-2/h3-8,10,17,19,21,23-24H,2,9,11-13H2,1H3;1-2H3. The minimum absolute atomic E-state index is 0.0831. The van der Waals surface area contributed by atoms with Crippen molar-refractivity contribution in [2.75, 3.05) is 13.2 Å². The van der Waals surface area contributed by atoms with E-state index >= 15 is 0 Å². The number of ether oxygens (including phenoxy) is 2. The van der Waals surface area contributed by atoms with Crippen LogP contribution in [0.3, 0.4) is 0 Å². The number of halogens is 1. The van der Waals surface area contributed by atoms with Crippen molar-refractivity contribution in [1.29, 1.82) is 0 Å². The zero-order valence-electron chi connectivity index (χ0n) is 16.9. The molecule has 2 N–H and O–H groups in total. The average Bonchev–Trinajstić information content (AvgIpc) is 2.72. The van der Waals surface area contributed by atoms with E-state index in [-0.39, 0.29) is 18.8 Å². The van der Waals surface area contributed by atoms with Crippen molar-refractivity contribution in [3.8, 4) is 5.75 Å². The average molecular weight is 407 g/mol. The zero-order valence-corrected chi connectivity index (χ0v) is 17.7. The van der Waals surface area contributed by atoms with E-state index in [1.807, 2.05) is 63.2 Å². The van der Waals surface area contributed by atoms with Crippen LogP contribution in [0.25, 0.3) is 0 Å². The molecule has 1 heterocycles. The monoisotopic (exact) mass is 406 g/mol. The second kappa shape index (κ2) is 11.4. The van der Waals surface area contributed by atoms with Gasteiger partial charge in [0.1, 0.15) is 5.75 Å². The zero-order chi connectivity index (χ0) is 20.5. The van der Waals surface area contributed by atoms with Crippen LogP contribution in [0.1, 0.15) is 56.4 Å². The third-order valence-electron chi connectivity index (χ3n) is 4.65. The van der Waals surface area contributed by atoms with Crippen LogP contribution >= 0.6 is 11.6 Å². The molecule has 0 aliphatic carbocycles. The fourth-order valence-corrected chi connectivity index (χ4v) is 3.53. The molecule has 0 radical (unpaired) electrons. The topological polar surface area (TPSA) is 58.9 Å². The molecule has 0 aromatic heterocycles. The van der Waals surface area contributed by atoms with Crippen LogP contribution in [-0.4, -0.2) is 35.6 Å². The number of aliphatic hydroxyl groups is 2. The highest BCUT2D eigenvalue weighted by Crippen LogP contribution is 2.33. The highest BCUT2D eigenvalue weighted by atomic mass is 35.5. The summed E-state index contributed by atoms with van der Waals surface area (Å²) in [6.07, 6.45) is 0.690. The third-order valence-corrected chi connectivity index (χ3v) is 5.02. The Morgan fingerprint density at radius 1 is 1.11 bits per heavy atom. The minimum atomic E-state index is -0.462. The molecule has 3 unspecified atom stereocenters. The summed E-state index contributed by atoms with van der Waals surface area (Å²) in [6, 6.07) is 13.8. The van der Waals surface area contributed by atoms with E-state index in [1.165, 1.54) is 0 Å². The molecule has 0 bridgehead atoms. The van der Waals surface area contributed by atoms with Gasteiger partial charge < -0.3 is 19.7 Å². The van der Waals surface area contributed by atoms with Crippen LogP contribution in [-0.2, 0) is 11.2 Å². The van der Waals surface area contributed by atoms with Gasteiger partial charge >= 0.3 is 0 Å². The van der Waals surface area contributed by atoms with Gasteiger partial charge in [-0.2, -0.15) is 0 Å². The molecule has 0 saturated carbocycles. The number of hydrogen-bond acceptors (Lipinski definition) is 4. The fourth-order valence-electron chi connectivity index (χ4n) is 3.34. The van der Waals surface area contributed by atoms with Crippen molar-refractivity contribution in [2.24, 2.45) is 0 Å². The van der Waals surface area contributed by atoms with E-state index in [0.717, 1.165) is 22.4 Å². The van der Waals surface area contributed by atoms with Gasteiger partial charge in [0, 0.05) is 17.9 Å². The Labute approximate surface area is 173 Å². The Bertz CT molecular complexity index is 717. The van der Waals surface area contributed by atoms with Gasteiger partial charge in [-0.1, -0.05) is 49.7 Å². The summed E-state index contributed by atoms with van der Waals surface area (Å²) in [4.78, 5) is 0. The molecule has 3 atom stereocenters. The quantitative estimate of drug-likeness (QED) is 0.714. The molecule has 4 nitrogen and oxygen atoms in total. The van der Waals surface area contributed by atoms with Crippen molar-refractivity contribution in [2.45, 2.75) is 58.3 Å². The number of hydrogen-bond donors (Lipinski definition) is 2. The van der Waals surface area contributed by atoms with Crippen LogP contribution in [0.5, 0.6) is 5.75 Å². The maximum absolute atomic E-state index is 10.0. The fraction of sp³-hybridized carbons (Fsp3) is 0.478. The van der Waals surface area contributed by atoms with Crippen LogP contribution in [0.4, 0.5) is 0 Å². The van der Waals surface area contributed by atoms with Gasteiger partial charge in [-0.05, 0) is 48.2 Å². The van der Waals surface area contributed by atoms with Crippen LogP contribution < -0.4 is 4.74 Å². The van der Waals surface area contributed by atoms with Gasteiger partial charge in [0.05, 0.1) is 31.5 Å². The Morgan fingerprint density at radius 2 is 1.82 bits per heavy atom. The molecule has 0 amide bonds. The smallest absolute Gasteiger partial charge is 0.119 e. The van der Waals surface area contributed by atoms with E-state index < -0.39 is 6.10 Å². The van der Waals surface area contributed by atoms with Crippen molar-refractivity contribution >= 4 is 11.6 Å². The lowest BCUT2D eigenvalue weighted by molar-refractivity contribution is -0.113. The molecule has 1 saturated heterocycles. The Morgan fingerprint density at radius 3 is 2.46 bits per heavy atom. The van der Waals surface area contributed by atoms with Gasteiger partial charge in [0.15, 0.2) is 0 Å². The molecule has 5 heteroatoms. The first-order chi connectivity index (χ1) is 13.6. The second-order valence-electron chi connectivity index (χ2n) is 6.66. The lowest BCUT2D eigenvalue weighted by Crippen LogP contribution is -2.33. The Balaban J connectivity index is 0.00000136. The second-order valence-corrected chi connectivity index (χ2v) is 7.07. The molecule has 154 valence electrons. The molecule has 2 aromatic carbocycles. The maximum Gasteiger partial charge on any atom is 0.119 e. The molecule has 1 fully saturated rings. The predicted octanol–water partition coefficient (Wildman–Crippen LogP) is 4.93. The largest absolute Gasteiger partial charge is 0.494 e. The van der Waals surface area contributed by atoms with E-state index in [2.05, 4.69) is 0 Å². The van der Waals surface area contributed by atoms with E-state index in [0.29, 0.717) is 30.9 Å². The van der Waals surface area contributed by atoms with Gasteiger partial charge in [-0.25, -0.2) is 0 Å². The van der Waals surface area contributed by atoms with E-state index in [9.17, 15) is 10.2 Å². The summed E-state index contributed by atoms with van der Waals surface area (Å²) >= 11 is 6.40. The summed E-state index contributed by atoms with van der Waals surface area (Å²) in [5, 5.41) is 20.1. The van der Waals surface area contributed by atoms with Crippen molar-refractivity contribution in [3.63, 3.8) is 0 Å². The number of rotatable bonds is 6. The SMILES string of the molecule is CC.CCOc1ccc(Cc2cc(C3CC(O)CC(CO)O3)ccc2Cl)cc1. The molecule has 1 aliphatic rings. The lowest BCUT2D eigenvalue weighted by Gasteiger charge is -2.32. The molecule has 3 rings (SSSR count).